The topological polar surface area (TPSA) is 74.1 Å². The SMILES string of the molecule is CN1c2cc(N)cc(S)c2OC1c1ccc(NC(=O)CN2CCN(c3ccc(C(F)(F)F)cc3)CC2)cc1. The second-order valence-electron chi connectivity index (χ2n) is 9.45. The Morgan fingerprint density at radius 1 is 1.05 bits per heavy atom. The predicted octanol–water partition coefficient (Wildman–Crippen LogP) is 4.86. The average molecular weight is 544 g/mol. The van der Waals surface area contributed by atoms with Crippen LogP contribution in [0.5, 0.6) is 5.75 Å². The van der Waals surface area contributed by atoms with Crippen molar-refractivity contribution in [3.8, 4) is 5.75 Å². The Morgan fingerprint density at radius 2 is 1.71 bits per heavy atom. The number of hydrogen-bond donors (Lipinski definition) is 3. The zero-order valence-corrected chi connectivity index (χ0v) is 21.6. The van der Waals surface area contributed by atoms with Gasteiger partial charge in [0, 0.05) is 55.9 Å². The molecule has 38 heavy (non-hydrogen) atoms. The number of thiol groups is 1. The van der Waals surface area contributed by atoms with Crippen LogP contribution in [0.4, 0.5) is 35.9 Å². The molecule has 1 fully saturated rings. The molecule has 0 aromatic heterocycles. The maximum atomic E-state index is 12.8. The van der Waals surface area contributed by atoms with Gasteiger partial charge in [-0.25, -0.2) is 0 Å². The van der Waals surface area contributed by atoms with Gasteiger partial charge in [-0.15, -0.1) is 12.6 Å². The molecule has 0 radical (unpaired) electrons. The first-order valence-electron chi connectivity index (χ1n) is 12.1. The van der Waals surface area contributed by atoms with Crippen molar-refractivity contribution >= 4 is 41.3 Å². The Balaban J connectivity index is 1.12. The molecule has 11 heteroatoms. The van der Waals surface area contributed by atoms with Gasteiger partial charge in [0.25, 0.3) is 0 Å². The number of benzene rings is 3. The van der Waals surface area contributed by atoms with Gasteiger partial charge in [0.1, 0.15) is 0 Å². The molecule has 2 heterocycles. The molecule has 3 N–H and O–H groups in total. The number of carbonyl (C=O) groups excluding carboxylic acids is 1. The van der Waals surface area contributed by atoms with E-state index in [0.717, 1.165) is 29.1 Å². The average Bonchev–Trinajstić information content (AvgIpc) is 3.21. The lowest BCUT2D eigenvalue weighted by Gasteiger charge is -2.35. The summed E-state index contributed by atoms with van der Waals surface area (Å²) in [4.78, 5) is 19.4. The fraction of sp³-hybridized carbons (Fsp3) is 0.296. The first-order chi connectivity index (χ1) is 18.1. The van der Waals surface area contributed by atoms with Gasteiger partial charge in [0.2, 0.25) is 5.91 Å². The summed E-state index contributed by atoms with van der Waals surface area (Å²) in [5.74, 6) is 0.559. The maximum absolute atomic E-state index is 12.8. The molecule has 0 aliphatic carbocycles. The van der Waals surface area contributed by atoms with E-state index < -0.39 is 11.7 Å². The number of piperazine rings is 1. The Kier molecular flexibility index (Phi) is 7.06. The van der Waals surface area contributed by atoms with Crippen molar-refractivity contribution in [2.45, 2.75) is 17.3 Å². The summed E-state index contributed by atoms with van der Waals surface area (Å²) in [5, 5.41) is 2.93. The lowest BCUT2D eigenvalue weighted by Crippen LogP contribution is -2.48. The lowest BCUT2D eigenvalue weighted by atomic mass is 10.1. The molecule has 2 aliphatic heterocycles. The number of nitrogens with zero attached hydrogens (tertiary/aromatic N) is 3. The quantitative estimate of drug-likeness (QED) is 0.315. The first-order valence-corrected chi connectivity index (χ1v) is 12.6. The fourth-order valence-corrected chi connectivity index (χ4v) is 5.09. The number of anilines is 4. The van der Waals surface area contributed by atoms with Crippen LogP contribution in [0.15, 0.2) is 65.6 Å². The number of nitrogens with one attached hydrogen (secondary N) is 1. The second-order valence-corrected chi connectivity index (χ2v) is 9.93. The van der Waals surface area contributed by atoms with Gasteiger partial charge in [-0.2, -0.15) is 13.2 Å². The summed E-state index contributed by atoms with van der Waals surface area (Å²) in [6.45, 7) is 2.76. The molecule has 3 aromatic rings. The highest BCUT2D eigenvalue weighted by Crippen LogP contribution is 2.47. The molecule has 1 atom stereocenters. The molecular weight excluding hydrogens is 515 g/mol. The minimum absolute atomic E-state index is 0.127. The summed E-state index contributed by atoms with van der Waals surface area (Å²) in [7, 11) is 1.93. The Bertz CT molecular complexity index is 1310. The summed E-state index contributed by atoms with van der Waals surface area (Å²) >= 11 is 4.47. The minimum atomic E-state index is -4.34. The third-order valence-corrected chi connectivity index (χ3v) is 7.14. The van der Waals surface area contributed by atoms with Crippen LogP contribution in [0.3, 0.4) is 0 Å². The third-order valence-electron chi connectivity index (χ3n) is 6.81. The van der Waals surface area contributed by atoms with E-state index in [-0.39, 0.29) is 18.7 Å². The van der Waals surface area contributed by atoms with Gasteiger partial charge >= 0.3 is 6.18 Å². The van der Waals surface area contributed by atoms with Crippen molar-refractivity contribution in [2.24, 2.45) is 0 Å². The number of nitrogens with two attached hydrogens (primary N) is 1. The molecule has 0 saturated carbocycles. The third kappa shape index (κ3) is 5.48. The Morgan fingerprint density at radius 3 is 2.34 bits per heavy atom. The number of alkyl halides is 3. The molecule has 7 nitrogen and oxygen atoms in total. The number of halogens is 3. The fourth-order valence-electron chi connectivity index (χ4n) is 4.77. The summed E-state index contributed by atoms with van der Waals surface area (Å²) in [6, 6.07) is 16.3. The first kappa shape index (κ1) is 26.1. The predicted molar refractivity (Wildman–Crippen MR) is 145 cm³/mol. The van der Waals surface area contributed by atoms with Crippen LogP contribution < -0.4 is 25.6 Å². The van der Waals surface area contributed by atoms with E-state index in [1.807, 2.05) is 52.1 Å². The molecule has 200 valence electrons. The zero-order chi connectivity index (χ0) is 27.0. The number of fused-ring (bicyclic) bond motifs is 1. The number of hydrogen-bond acceptors (Lipinski definition) is 7. The molecule has 0 spiro atoms. The van der Waals surface area contributed by atoms with Gasteiger partial charge in [-0.3, -0.25) is 9.69 Å². The van der Waals surface area contributed by atoms with Crippen LogP contribution in [0.2, 0.25) is 0 Å². The van der Waals surface area contributed by atoms with E-state index in [2.05, 4.69) is 17.9 Å². The van der Waals surface area contributed by atoms with Crippen LogP contribution in [0, 0.1) is 0 Å². The molecular formula is C27H28F3N5O2S. The van der Waals surface area contributed by atoms with Gasteiger partial charge in [-0.1, -0.05) is 12.1 Å². The van der Waals surface area contributed by atoms with Crippen molar-refractivity contribution in [3.63, 3.8) is 0 Å². The molecule has 5 rings (SSSR count). The zero-order valence-electron chi connectivity index (χ0n) is 20.7. The van der Waals surface area contributed by atoms with Gasteiger partial charge in [0.15, 0.2) is 12.0 Å². The highest BCUT2D eigenvalue weighted by Gasteiger charge is 2.32. The van der Waals surface area contributed by atoms with E-state index in [9.17, 15) is 18.0 Å². The van der Waals surface area contributed by atoms with E-state index in [1.165, 1.54) is 12.1 Å². The van der Waals surface area contributed by atoms with E-state index in [4.69, 9.17) is 10.5 Å². The van der Waals surface area contributed by atoms with Crippen LogP contribution in [-0.4, -0.2) is 50.6 Å². The van der Waals surface area contributed by atoms with Crippen molar-refractivity contribution in [1.29, 1.82) is 0 Å². The molecule has 0 bridgehead atoms. The van der Waals surface area contributed by atoms with Crippen molar-refractivity contribution < 1.29 is 22.7 Å². The lowest BCUT2D eigenvalue weighted by molar-refractivity contribution is -0.137. The number of ether oxygens (including phenoxy) is 1. The van der Waals surface area contributed by atoms with Crippen LogP contribution >= 0.6 is 12.6 Å². The molecule has 1 saturated heterocycles. The molecule has 2 aliphatic rings. The maximum Gasteiger partial charge on any atom is 0.416 e. The highest BCUT2D eigenvalue weighted by molar-refractivity contribution is 7.80. The van der Waals surface area contributed by atoms with Gasteiger partial charge < -0.3 is 25.6 Å². The highest BCUT2D eigenvalue weighted by atomic mass is 32.1. The standard InChI is InChI=1S/C27H28F3N5O2S/c1-33-22-14-19(31)15-23(38)25(22)37-26(33)17-2-6-20(7-3-17)32-24(36)16-34-10-12-35(13-11-34)21-8-4-18(5-9-21)27(28,29)30/h2-9,14-15,26,38H,10-13,16,31H2,1H3,(H,32,36). The van der Waals surface area contributed by atoms with Gasteiger partial charge in [-0.05, 0) is 48.5 Å². The van der Waals surface area contributed by atoms with Crippen LogP contribution in [0.25, 0.3) is 0 Å². The van der Waals surface area contributed by atoms with E-state index >= 15 is 0 Å². The minimum Gasteiger partial charge on any atom is -0.463 e. The number of nitrogen functional groups attached to an aromatic ring is 1. The van der Waals surface area contributed by atoms with E-state index in [1.54, 1.807) is 6.07 Å². The van der Waals surface area contributed by atoms with Crippen LogP contribution in [-0.2, 0) is 11.0 Å². The van der Waals surface area contributed by atoms with Crippen molar-refractivity contribution in [3.05, 3.63) is 71.8 Å². The van der Waals surface area contributed by atoms with Crippen LogP contribution in [0.1, 0.15) is 17.4 Å². The largest absolute Gasteiger partial charge is 0.463 e. The number of carbonyl (C=O) groups is 1. The number of amides is 1. The Hall–Kier alpha value is -3.57. The smallest absolute Gasteiger partial charge is 0.416 e. The van der Waals surface area contributed by atoms with Gasteiger partial charge in [0.05, 0.1) is 22.7 Å². The molecule has 1 amide bonds. The molecule has 1 unspecified atom stereocenters. The monoisotopic (exact) mass is 543 g/mol. The molecule has 3 aromatic carbocycles. The summed E-state index contributed by atoms with van der Waals surface area (Å²) in [5.41, 5.74) is 9.13. The van der Waals surface area contributed by atoms with E-state index in [0.29, 0.717) is 48.2 Å². The summed E-state index contributed by atoms with van der Waals surface area (Å²) in [6.07, 6.45) is -4.67. The Labute approximate surface area is 224 Å². The van der Waals surface area contributed by atoms with Crippen molar-refractivity contribution in [1.82, 2.24) is 4.90 Å². The second kappa shape index (κ2) is 10.3. The number of rotatable bonds is 5. The summed E-state index contributed by atoms with van der Waals surface area (Å²) < 4.78 is 44.5. The normalized spacial score (nSPS) is 17.8. The van der Waals surface area contributed by atoms with Crippen molar-refractivity contribution in [2.75, 3.05) is 60.6 Å².